The molecule has 100 valence electrons. The van der Waals surface area contributed by atoms with Crippen molar-refractivity contribution < 1.29 is 9.90 Å². The molecule has 17 heavy (non-hydrogen) atoms. The van der Waals surface area contributed by atoms with Crippen molar-refractivity contribution in [3.63, 3.8) is 0 Å². The van der Waals surface area contributed by atoms with Crippen LogP contribution < -0.4 is 0 Å². The van der Waals surface area contributed by atoms with Crippen LogP contribution in [0.2, 0.25) is 0 Å². The molecule has 0 aromatic rings. The molecule has 0 amide bonds. The molecule has 0 spiro atoms. The molecule has 0 bridgehead atoms. The van der Waals surface area contributed by atoms with Gasteiger partial charge in [-0.05, 0) is 37.6 Å². The van der Waals surface area contributed by atoms with E-state index in [1.807, 2.05) is 0 Å². The van der Waals surface area contributed by atoms with Crippen LogP contribution in [0.1, 0.15) is 52.9 Å². The zero-order valence-electron chi connectivity index (χ0n) is 11.5. The van der Waals surface area contributed by atoms with E-state index >= 15 is 0 Å². The monoisotopic (exact) mass is 241 g/mol. The lowest BCUT2D eigenvalue weighted by Gasteiger charge is -2.41. The highest BCUT2D eigenvalue weighted by atomic mass is 16.4. The molecule has 2 atom stereocenters. The number of carbonyl (C=O) groups is 1. The molecule has 1 aliphatic rings. The number of hydrogen-bond donors (Lipinski definition) is 1. The Balaban J connectivity index is 2.70. The van der Waals surface area contributed by atoms with Gasteiger partial charge in [0.05, 0.1) is 6.54 Å². The summed E-state index contributed by atoms with van der Waals surface area (Å²) in [6.45, 7) is 7.80. The maximum atomic E-state index is 11.0. The molecule has 0 aromatic heterocycles. The maximum absolute atomic E-state index is 11.0. The first-order chi connectivity index (χ1) is 8.06. The lowest BCUT2D eigenvalue weighted by molar-refractivity contribution is -0.139. The number of carboxylic acids is 1. The summed E-state index contributed by atoms with van der Waals surface area (Å²) in [5.41, 5.74) is 0. The molecule has 1 rings (SSSR count). The third-order valence-electron chi connectivity index (χ3n) is 3.96. The van der Waals surface area contributed by atoms with Gasteiger partial charge in [0.1, 0.15) is 0 Å². The van der Waals surface area contributed by atoms with Crippen LogP contribution in [-0.2, 0) is 4.79 Å². The van der Waals surface area contributed by atoms with Gasteiger partial charge >= 0.3 is 5.97 Å². The Morgan fingerprint density at radius 3 is 2.53 bits per heavy atom. The van der Waals surface area contributed by atoms with Crippen molar-refractivity contribution in [2.24, 2.45) is 11.8 Å². The van der Waals surface area contributed by atoms with E-state index < -0.39 is 5.97 Å². The van der Waals surface area contributed by atoms with Gasteiger partial charge in [-0.2, -0.15) is 0 Å². The van der Waals surface area contributed by atoms with Gasteiger partial charge in [0.15, 0.2) is 0 Å². The first-order valence-electron chi connectivity index (χ1n) is 7.02. The fourth-order valence-electron chi connectivity index (χ4n) is 3.19. The van der Waals surface area contributed by atoms with E-state index in [9.17, 15) is 4.79 Å². The molecule has 0 radical (unpaired) electrons. The second kappa shape index (κ2) is 7.00. The lowest BCUT2D eigenvalue weighted by atomic mass is 9.77. The van der Waals surface area contributed by atoms with Crippen molar-refractivity contribution in [1.29, 1.82) is 0 Å². The molecule has 0 saturated heterocycles. The van der Waals surface area contributed by atoms with Crippen LogP contribution in [0.15, 0.2) is 0 Å². The normalized spacial score (nSPS) is 25.5. The minimum atomic E-state index is -0.688. The van der Waals surface area contributed by atoms with Gasteiger partial charge in [-0.15, -0.1) is 0 Å². The SMILES string of the molecule is CCCN(CC(=O)O)C1CCCCC1C(C)C. The third-order valence-corrected chi connectivity index (χ3v) is 3.96. The number of carboxylic acid groups (broad SMARTS) is 1. The molecule has 0 aliphatic heterocycles. The van der Waals surface area contributed by atoms with Crippen molar-refractivity contribution in [2.75, 3.05) is 13.1 Å². The molecule has 3 nitrogen and oxygen atoms in total. The Kier molecular flexibility index (Phi) is 5.96. The Labute approximate surface area is 105 Å². The summed E-state index contributed by atoms with van der Waals surface area (Å²) in [4.78, 5) is 13.2. The maximum Gasteiger partial charge on any atom is 0.317 e. The summed E-state index contributed by atoms with van der Waals surface area (Å²) in [7, 11) is 0. The van der Waals surface area contributed by atoms with Crippen molar-refractivity contribution >= 4 is 5.97 Å². The predicted molar refractivity (Wildman–Crippen MR) is 70.1 cm³/mol. The Hall–Kier alpha value is -0.570. The summed E-state index contributed by atoms with van der Waals surface area (Å²) >= 11 is 0. The molecule has 1 aliphatic carbocycles. The summed E-state index contributed by atoms with van der Waals surface area (Å²) in [5, 5.41) is 9.02. The molecular weight excluding hydrogens is 214 g/mol. The summed E-state index contributed by atoms with van der Waals surface area (Å²) in [5.74, 6) is 0.648. The van der Waals surface area contributed by atoms with Crippen LogP contribution in [-0.4, -0.2) is 35.1 Å². The summed E-state index contributed by atoms with van der Waals surface area (Å²) in [6, 6.07) is 0.486. The van der Waals surface area contributed by atoms with E-state index in [-0.39, 0.29) is 6.54 Å². The fraction of sp³-hybridized carbons (Fsp3) is 0.929. The van der Waals surface area contributed by atoms with E-state index in [4.69, 9.17) is 5.11 Å². The van der Waals surface area contributed by atoms with Gasteiger partial charge in [-0.25, -0.2) is 0 Å². The molecule has 0 aromatic carbocycles. The highest BCUT2D eigenvalue weighted by Crippen LogP contribution is 2.33. The van der Waals surface area contributed by atoms with E-state index in [1.165, 1.54) is 25.7 Å². The number of nitrogens with zero attached hydrogens (tertiary/aromatic N) is 1. The topological polar surface area (TPSA) is 40.5 Å². The Morgan fingerprint density at radius 2 is 2.00 bits per heavy atom. The largest absolute Gasteiger partial charge is 0.480 e. The predicted octanol–water partition coefficient (Wildman–Crippen LogP) is 3.00. The van der Waals surface area contributed by atoms with E-state index in [0.29, 0.717) is 17.9 Å². The van der Waals surface area contributed by atoms with Gasteiger partial charge < -0.3 is 5.11 Å². The molecule has 1 saturated carbocycles. The van der Waals surface area contributed by atoms with Crippen molar-refractivity contribution in [1.82, 2.24) is 4.90 Å². The first-order valence-corrected chi connectivity index (χ1v) is 7.02. The van der Waals surface area contributed by atoms with Gasteiger partial charge in [0.25, 0.3) is 0 Å². The average Bonchev–Trinajstić information content (AvgIpc) is 2.28. The van der Waals surface area contributed by atoms with Crippen LogP contribution in [0, 0.1) is 11.8 Å². The van der Waals surface area contributed by atoms with Crippen LogP contribution in [0.25, 0.3) is 0 Å². The van der Waals surface area contributed by atoms with Gasteiger partial charge in [-0.3, -0.25) is 9.69 Å². The van der Waals surface area contributed by atoms with Gasteiger partial charge in [0, 0.05) is 6.04 Å². The zero-order chi connectivity index (χ0) is 12.8. The zero-order valence-corrected chi connectivity index (χ0v) is 11.5. The number of aliphatic carboxylic acids is 1. The highest BCUT2D eigenvalue weighted by molar-refractivity contribution is 5.69. The van der Waals surface area contributed by atoms with E-state index in [0.717, 1.165) is 13.0 Å². The van der Waals surface area contributed by atoms with Crippen molar-refractivity contribution in [3.05, 3.63) is 0 Å². The van der Waals surface area contributed by atoms with Crippen LogP contribution >= 0.6 is 0 Å². The Morgan fingerprint density at radius 1 is 1.35 bits per heavy atom. The second-order valence-corrected chi connectivity index (χ2v) is 5.62. The molecular formula is C14H27NO2. The highest BCUT2D eigenvalue weighted by Gasteiger charge is 2.32. The molecule has 1 N–H and O–H groups in total. The average molecular weight is 241 g/mol. The first kappa shape index (κ1) is 14.5. The third kappa shape index (κ3) is 4.30. The van der Waals surface area contributed by atoms with Crippen LogP contribution in [0.4, 0.5) is 0 Å². The molecule has 1 fully saturated rings. The Bertz CT molecular complexity index is 240. The standard InChI is InChI=1S/C14H27NO2/c1-4-9-15(10-14(16)17)13-8-6-5-7-12(13)11(2)3/h11-13H,4-10H2,1-3H3,(H,16,17). The quantitative estimate of drug-likeness (QED) is 0.777. The molecule has 3 heteroatoms. The fourth-order valence-corrected chi connectivity index (χ4v) is 3.19. The number of rotatable bonds is 6. The van der Waals surface area contributed by atoms with E-state index in [1.54, 1.807) is 0 Å². The lowest BCUT2D eigenvalue weighted by Crippen LogP contribution is -2.46. The summed E-state index contributed by atoms with van der Waals surface area (Å²) in [6.07, 6.45) is 6.05. The summed E-state index contributed by atoms with van der Waals surface area (Å²) < 4.78 is 0. The van der Waals surface area contributed by atoms with Gasteiger partial charge in [0.2, 0.25) is 0 Å². The second-order valence-electron chi connectivity index (χ2n) is 5.62. The number of hydrogen-bond acceptors (Lipinski definition) is 2. The smallest absolute Gasteiger partial charge is 0.317 e. The van der Waals surface area contributed by atoms with Crippen LogP contribution in [0.5, 0.6) is 0 Å². The molecule has 0 heterocycles. The van der Waals surface area contributed by atoms with E-state index in [2.05, 4.69) is 25.7 Å². The van der Waals surface area contributed by atoms with Crippen molar-refractivity contribution in [3.8, 4) is 0 Å². The minimum absolute atomic E-state index is 0.210. The molecule has 2 unspecified atom stereocenters. The minimum Gasteiger partial charge on any atom is -0.480 e. The van der Waals surface area contributed by atoms with Crippen molar-refractivity contribution in [2.45, 2.75) is 58.9 Å². The van der Waals surface area contributed by atoms with Crippen LogP contribution in [0.3, 0.4) is 0 Å². The van der Waals surface area contributed by atoms with Gasteiger partial charge in [-0.1, -0.05) is 33.6 Å².